The molecule has 94 valence electrons. The molecular weight excluding hydrogens is 228 g/mol. The number of aliphatic hydroxyl groups is 2. The summed E-state index contributed by atoms with van der Waals surface area (Å²) in [6.07, 6.45) is 4.08. The van der Waals surface area contributed by atoms with Crippen molar-refractivity contribution in [3.8, 4) is 0 Å². The molecule has 0 aromatic rings. The molecule has 4 heteroatoms. The SMILES string of the molecule is CCCCO.CCCCO.[CH2-]C.[CH3-].[O]=[Ti+2]. The molecule has 0 rings (SSSR count). The van der Waals surface area contributed by atoms with Crippen molar-refractivity contribution in [2.45, 2.75) is 46.5 Å². The van der Waals surface area contributed by atoms with Crippen LogP contribution in [0.25, 0.3) is 0 Å². The summed E-state index contributed by atoms with van der Waals surface area (Å²) < 4.78 is 8.25. The third-order valence-corrected chi connectivity index (χ3v) is 1.02. The summed E-state index contributed by atoms with van der Waals surface area (Å²) in [5, 5.41) is 16.1. The quantitative estimate of drug-likeness (QED) is 0.600. The molecule has 0 fully saturated rings. The van der Waals surface area contributed by atoms with Gasteiger partial charge in [0, 0.05) is 13.2 Å². The molecule has 0 spiro atoms. The molecule has 2 N–H and O–H groups in total. The molecule has 0 aliphatic rings. The Kier molecular flexibility index (Phi) is 124. The molecule has 0 aromatic heterocycles. The first-order chi connectivity index (χ1) is 6.83. The third kappa shape index (κ3) is 113. The fraction of sp³-hybridized carbons (Fsp3) is 0.818. The fourth-order valence-electron chi connectivity index (χ4n) is 0.316. The first-order valence-electron chi connectivity index (χ1n) is 4.96. The number of hydrogen-bond donors (Lipinski definition) is 2. The molecule has 0 radical (unpaired) electrons. The van der Waals surface area contributed by atoms with Gasteiger partial charge in [-0.15, -0.1) is 0 Å². The molecule has 0 heterocycles. The maximum atomic E-state index is 8.25. The van der Waals surface area contributed by atoms with E-state index in [-0.39, 0.29) is 7.43 Å². The summed E-state index contributed by atoms with van der Waals surface area (Å²) in [6.45, 7) is 9.79. The summed E-state index contributed by atoms with van der Waals surface area (Å²) >= 11 is 0.750. The molecule has 0 aromatic carbocycles. The van der Waals surface area contributed by atoms with Crippen LogP contribution in [0.3, 0.4) is 0 Å². The topological polar surface area (TPSA) is 57.5 Å². The van der Waals surface area contributed by atoms with Crippen LogP contribution in [0.1, 0.15) is 46.5 Å². The van der Waals surface area contributed by atoms with Gasteiger partial charge in [-0.3, -0.25) is 0 Å². The van der Waals surface area contributed by atoms with E-state index in [2.05, 4.69) is 20.8 Å². The monoisotopic (exact) mass is 256 g/mol. The molecular formula is C11H28O3Ti. The summed E-state index contributed by atoms with van der Waals surface area (Å²) in [5.74, 6) is 0. The summed E-state index contributed by atoms with van der Waals surface area (Å²) in [5.41, 5.74) is 0. The summed E-state index contributed by atoms with van der Waals surface area (Å²) in [6, 6.07) is 0. The molecule has 0 aliphatic heterocycles. The second kappa shape index (κ2) is 62.9. The Labute approximate surface area is 108 Å². The van der Waals surface area contributed by atoms with Gasteiger partial charge in [0.1, 0.15) is 0 Å². The van der Waals surface area contributed by atoms with Crippen molar-refractivity contribution in [3.05, 3.63) is 14.4 Å². The van der Waals surface area contributed by atoms with Gasteiger partial charge in [-0.05, 0) is 12.8 Å². The van der Waals surface area contributed by atoms with Crippen molar-refractivity contribution in [1.82, 2.24) is 0 Å². The minimum atomic E-state index is 0. The van der Waals surface area contributed by atoms with Gasteiger partial charge >= 0.3 is 23.7 Å². The average Bonchev–Trinajstić information content (AvgIpc) is 2.27. The van der Waals surface area contributed by atoms with Gasteiger partial charge in [0.05, 0.1) is 0 Å². The van der Waals surface area contributed by atoms with Crippen molar-refractivity contribution in [2.75, 3.05) is 13.2 Å². The fourth-order valence-corrected chi connectivity index (χ4v) is 0.316. The number of aliphatic hydroxyl groups excluding tert-OH is 2. The van der Waals surface area contributed by atoms with Gasteiger partial charge in [-0.25, -0.2) is 0 Å². The number of unbranched alkanes of at least 4 members (excludes halogenated alkanes) is 2. The molecule has 0 saturated heterocycles. The van der Waals surface area contributed by atoms with Gasteiger partial charge in [0.25, 0.3) is 0 Å². The van der Waals surface area contributed by atoms with Gasteiger partial charge < -0.3 is 24.6 Å². The summed E-state index contributed by atoms with van der Waals surface area (Å²) in [4.78, 5) is 0. The minimum absolute atomic E-state index is 0. The average molecular weight is 256 g/mol. The Balaban J connectivity index is -0.0000000318. The van der Waals surface area contributed by atoms with Crippen LogP contribution in [0.2, 0.25) is 0 Å². The summed E-state index contributed by atoms with van der Waals surface area (Å²) in [7, 11) is 0. The Morgan fingerprint density at radius 3 is 1.13 bits per heavy atom. The Morgan fingerprint density at radius 1 is 0.933 bits per heavy atom. The van der Waals surface area contributed by atoms with Crippen LogP contribution < -0.4 is 0 Å². The number of hydrogen-bond acceptors (Lipinski definition) is 3. The van der Waals surface area contributed by atoms with Crippen LogP contribution in [0.4, 0.5) is 0 Å². The second-order valence-electron chi connectivity index (χ2n) is 2.15. The Morgan fingerprint density at radius 2 is 1.13 bits per heavy atom. The number of rotatable bonds is 4. The first kappa shape index (κ1) is 29.5. The van der Waals surface area contributed by atoms with Crippen molar-refractivity contribution >= 4 is 0 Å². The Bertz CT molecular complexity index is 45.1. The van der Waals surface area contributed by atoms with Crippen molar-refractivity contribution in [1.29, 1.82) is 0 Å². The van der Waals surface area contributed by atoms with Gasteiger partial charge in [-0.2, -0.15) is 6.92 Å². The molecule has 0 bridgehead atoms. The van der Waals surface area contributed by atoms with E-state index < -0.39 is 0 Å². The normalized spacial score (nSPS) is 6.40. The second-order valence-corrected chi connectivity index (χ2v) is 2.15. The van der Waals surface area contributed by atoms with Crippen molar-refractivity contribution in [3.63, 3.8) is 0 Å². The van der Waals surface area contributed by atoms with Gasteiger partial charge in [0.2, 0.25) is 0 Å². The third-order valence-electron chi connectivity index (χ3n) is 1.02. The van der Waals surface area contributed by atoms with Crippen LogP contribution in [0.15, 0.2) is 0 Å². The molecule has 0 saturated carbocycles. The molecule has 0 unspecified atom stereocenters. The van der Waals surface area contributed by atoms with Gasteiger partial charge in [0.15, 0.2) is 0 Å². The molecule has 0 aliphatic carbocycles. The molecule has 0 atom stereocenters. The van der Waals surface area contributed by atoms with Crippen molar-refractivity contribution in [2.24, 2.45) is 0 Å². The Hall–Kier alpha value is 0.434. The van der Waals surface area contributed by atoms with E-state index >= 15 is 0 Å². The van der Waals surface area contributed by atoms with E-state index in [4.69, 9.17) is 13.5 Å². The predicted octanol–water partition coefficient (Wildman–Crippen LogP) is 2.73. The standard InChI is InChI=1S/2C4H10O.C2H5.CH3.O.Ti/c2*1-2-3-4-5;1-2;;;/h2*5H,2-4H2,1H3;1H2,2H3;1H3;;/q;;2*-1;;+2. The van der Waals surface area contributed by atoms with Crippen LogP contribution >= 0.6 is 0 Å². The van der Waals surface area contributed by atoms with E-state index in [1.807, 2.05) is 0 Å². The van der Waals surface area contributed by atoms with E-state index in [1.165, 1.54) is 0 Å². The predicted molar refractivity (Wildman–Crippen MR) is 62.1 cm³/mol. The molecule has 15 heavy (non-hydrogen) atoms. The van der Waals surface area contributed by atoms with E-state index in [9.17, 15) is 0 Å². The maximum absolute atomic E-state index is 8.25. The zero-order chi connectivity index (χ0) is 12.2. The molecule has 0 amide bonds. The van der Waals surface area contributed by atoms with Gasteiger partial charge in [-0.1, -0.05) is 26.7 Å². The van der Waals surface area contributed by atoms with Crippen LogP contribution in [-0.2, 0) is 23.7 Å². The van der Waals surface area contributed by atoms with Crippen molar-refractivity contribution < 1.29 is 33.9 Å². The van der Waals surface area contributed by atoms with Crippen LogP contribution in [-0.4, -0.2) is 23.4 Å². The van der Waals surface area contributed by atoms with Crippen LogP contribution in [0, 0.1) is 14.4 Å². The van der Waals surface area contributed by atoms with E-state index in [0.29, 0.717) is 13.2 Å². The van der Waals surface area contributed by atoms with E-state index in [1.54, 1.807) is 6.92 Å². The zero-order valence-electron chi connectivity index (χ0n) is 10.8. The first-order valence-corrected chi connectivity index (χ1v) is 5.60. The van der Waals surface area contributed by atoms with E-state index in [0.717, 1.165) is 46.1 Å². The van der Waals surface area contributed by atoms with Crippen LogP contribution in [0.5, 0.6) is 0 Å². The molecule has 3 nitrogen and oxygen atoms in total. The zero-order valence-corrected chi connectivity index (χ0v) is 12.3.